The number of guanidine groups is 1. The van der Waals surface area contributed by atoms with Gasteiger partial charge in [0.25, 0.3) is 0 Å². The van der Waals surface area contributed by atoms with Crippen LogP contribution in [0.5, 0.6) is 0 Å². The fourth-order valence-electron chi connectivity index (χ4n) is 2.12. The fourth-order valence-corrected chi connectivity index (χ4v) is 2.12. The maximum absolute atomic E-state index is 5.26. The van der Waals surface area contributed by atoms with Crippen LogP contribution in [0.15, 0.2) is 4.99 Å². The first-order valence-electron chi connectivity index (χ1n) is 5.99. The summed E-state index contributed by atoms with van der Waals surface area (Å²) in [6.07, 6.45) is 6.39. The zero-order valence-electron chi connectivity index (χ0n) is 10.2. The second-order valence-corrected chi connectivity index (χ2v) is 4.39. The molecule has 1 heterocycles. The average Bonchev–Trinajstić information content (AvgIpc) is 2.20. The first kappa shape index (κ1) is 16.0. The van der Waals surface area contributed by atoms with Crippen molar-refractivity contribution in [2.75, 3.05) is 19.6 Å². The van der Waals surface area contributed by atoms with Crippen molar-refractivity contribution in [2.45, 2.75) is 45.1 Å². The van der Waals surface area contributed by atoms with Gasteiger partial charge in [-0.25, -0.2) is 0 Å². The van der Waals surface area contributed by atoms with Crippen molar-refractivity contribution in [3.8, 4) is 0 Å². The van der Waals surface area contributed by atoms with Crippen LogP contribution >= 0.6 is 24.0 Å². The van der Waals surface area contributed by atoms with E-state index in [1.165, 1.54) is 38.8 Å². The number of unbranched alkanes of at least 4 members (excludes halogenated alkanes) is 1. The maximum Gasteiger partial charge on any atom is 0.185 e. The topological polar surface area (TPSA) is 67.6 Å². The summed E-state index contributed by atoms with van der Waals surface area (Å²) in [5.74, 6) is 0.210. The van der Waals surface area contributed by atoms with Crippen molar-refractivity contribution < 1.29 is 0 Å². The van der Waals surface area contributed by atoms with E-state index < -0.39 is 0 Å². The zero-order chi connectivity index (χ0) is 11.1. The summed E-state index contributed by atoms with van der Waals surface area (Å²) in [5, 5.41) is 0. The molecule has 1 unspecified atom stereocenters. The zero-order valence-corrected chi connectivity index (χ0v) is 12.5. The molecule has 16 heavy (non-hydrogen) atoms. The largest absolute Gasteiger partial charge is 0.370 e. The molecule has 1 saturated heterocycles. The molecule has 1 aliphatic rings. The summed E-state index contributed by atoms with van der Waals surface area (Å²) in [7, 11) is 0. The van der Waals surface area contributed by atoms with E-state index in [9.17, 15) is 0 Å². The molecule has 0 bridgehead atoms. The first-order chi connectivity index (χ1) is 7.20. The third-order valence-corrected chi connectivity index (χ3v) is 3.09. The van der Waals surface area contributed by atoms with Crippen LogP contribution < -0.4 is 11.5 Å². The summed E-state index contributed by atoms with van der Waals surface area (Å²) in [5.41, 5.74) is 10.5. The molecule has 4 N–H and O–H groups in total. The Hall–Kier alpha value is -0.0400. The lowest BCUT2D eigenvalue weighted by Gasteiger charge is -2.33. The normalized spacial score (nSPS) is 21.2. The number of halogens is 1. The predicted octanol–water partition coefficient (Wildman–Crippen LogP) is 1.53. The molecule has 1 rings (SSSR count). The molecule has 0 spiro atoms. The van der Waals surface area contributed by atoms with Gasteiger partial charge in [0, 0.05) is 12.6 Å². The molecule has 0 aromatic carbocycles. The molecule has 4 nitrogen and oxygen atoms in total. The van der Waals surface area contributed by atoms with Gasteiger partial charge in [0.1, 0.15) is 0 Å². The van der Waals surface area contributed by atoms with Gasteiger partial charge in [-0.3, -0.25) is 4.99 Å². The molecule has 0 amide bonds. The molecule has 1 fully saturated rings. The van der Waals surface area contributed by atoms with Crippen LogP contribution in [0.3, 0.4) is 0 Å². The molecule has 0 aromatic heterocycles. The second-order valence-electron chi connectivity index (χ2n) is 4.39. The first-order valence-corrected chi connectivity index (χ1v) is 5.99. The van der Waals surface area contributed by atoms with Gasteiger partial charge in [-0.2, -0.15) is 0 Å². The van der Waals surface area contributed by atoms with Crippen LogP contribution in [0.2, 0.25) is 0 Å². The lowest BCUT2D eigenvalue weighted by molar-refractivity contribution is 0.158. The number of rotatable bonds is 5. The number of nitrogens with zero attached hydrogens (tertiary/aromatic N) is 2. The van der Waals surface area contributed by atoms with Crippen LogP contribution in [0.1, 0.15) is 39.0 Å². The highest BCUT2D eigenvalue weighted by Crippen LogP contribution is 2.16. The van der Waals surface area contributed by atoms with Gasteiger partial charge >= 0.3 is 0 Å². The predicted molar refractivity (Wildman–Crippen MR) is 80.2 cm³/mol. The molecular formula is C11H25IN4. The van der Waals surface area contributed by atoms with Gasteiger partial charge in [0.15, 0.2) is 5.96 Å². The highest BCUT2D eigenvalue weighted by molar-refractivity contribution is 14.0. The third-order valence-electron chi connectivity index (χ3n) is 3.09. The summed E-state index contributed by atoms with van der Waals surface area (Å²) in [6, 6.07) is 0.766. The molecule has 5 heteroatoms. The van der Waals surface area contributed by atoms with Crippen LogP contribution in [-0.4, -0.2) is 36.5 Å². The van der Waals surface area contributed by atoms with Gasteiger partial charge in [-0.1, -0.05) is 6.42 Å². The quantitative estimate of drug-likeness (QED) is 0.345. The summed E-state index contributed by atoms with van der Waals surface area (Å²) < 4.78 is 0. The van der Waals surface area contributed by atoms with E-state index >= 15 is 0 Å². The number of nitrogens with two attached hydrogens (primary N) is 2. The van der Waals surface area contributed by atoms with Gasteiger partial charge in [-0.05, 0) is 45.7 Å². The van der Waals surface area contributed by atoms with Crippen molar-refractivity contribution in [3.63, 3.8) is 0 Å². The lowest BCUT2D eigenvalue weighted by Crippen LogP contribution is -2.38. The van der Waals surface area contributed by atoms with E-state index in [-0.39, 0.29) is 29.9 Å². The van der Waals surface area contributed by atoms with Crippen LogP contribution in [0.4, 0.5) is 0 Å². The summed E-state index contributed by atoms with van der Waals surface area (Å²) in [6.45, 7) is 5.56. The van der Waals surface area contributed by atoms with E-state index in [4.69, 9.17) is 11.5 Å². The molecule has 0 radical (unpaired) electrons. The monoisotopic (exact) mass is 340 g/mol. The molecule has 0 saturated carbocycles. The molecule has 96 valence electrons. The van der Waals surface area contributed by atoms with E-state index in [0.717, 1.165) is 19.0 Å². The Labute approximate surface area is 116 Å². The van der Waals surface area contributed by atoms with Crippen LogP contribution in [0.25, 0.3) is 0 Å². The fraction of sp³-hybridized carbons (Fsp3) is 0.909. The number of hydrogen-bond donors (Lipinski definition) is 2. The Morgan fingerprint density at radius 2 is 2.06 bits per heavy atom. The molecule has 1 atom stereocenters. The molecule has 0 aromatic rings. The van der Waals surface area contributed by atoms with E-state index in [0.29, 0.717) is 0 Å². The number of likely N-dealkylation sites (tertiary alicyclic amines) is 1. The summed E-state index contributed by atoms with van der Waals surface area (Å²) >= 11 is 0. The standard InChI is InChI=1S/C11H24N4.HI/c1-10-6-2-4-8-15(10)9-5-3-7-14-11(12)13;/h10H,2-9H2,1H3,(H4,12,13,14);1H. The minimum Gasteiger partial charge on any atom is -0.370 e. The molecular weight excluding hydrogens is 315 g/mol. The van der Waals surface area contributed by atoms with E-state index in [1.807, 2.05) is 0 Å². The average molecular weight is 340 g/mol. The minimum atomic E-state index is 0. The molecule has 1 aliphatic heterocycles. The number of hydrogen-bond acceptors (Lipinski definition) is 2. The highest BCUT2D eigenvalue weighted by Gasteiger charge is 2.16. The van der Waals surface area contributed by atoms with Crippen molar-refractivity contribution in [3.05, 3.63) is 0 Å². The SMILES string of the molecule is CC1CCCCN1CCCCN=C(N)N.I. The highest BCUT2D eigenvalue weighted by atomic mass is 127. The van der Waals surface area contributed by atoms with Gasteiger partial charge in [-0.15, -0.1) is 24.0 Å². The van der Waals surface area contributed by atoms with Gasteiger partial charge < -0.3 is 16.4 Å². The van der Waals surface area contributed by atoms with Gasteiger partial charge in [0.2, 0.25) is 0 Å². The second kappa shape index (κ2) is 9.04. The van der Waals surface area contributed by atoms with Crippen LogP contribution in [-0.2, 0) is 0 Å². The maximum atomic E-state index is 5.26. The van der Waals surface area contributed by atoms with Crippen molar-refractivity contribution >= 4 is 29.9 Å². The Morgan fingerprint density at radius 1 is 1.31 bits per heavy atom. The van der Waals surface area contributed by atoms with Crippen LogP contribution in [0, 0.1) is 0 Å². The smallest absolute Gasteiger partial charge is 0.185 e. The van der Waals surface area contributed by atoms with E-state index in [1.54, 1.807) is 0 Å². The lowest BCUT2D eigenvalue weighted by atomic mass is 10.0. The van der Waals surface area contributed by atoms with Crippen molar-refractivity contribution in [2.24, 2.45) is 16.5 Å². The minimum absolute atomic E-state index is 0. The summed E-state index contributed by atoms with van der Waals surface area (Å²) in [4.78, 5) is 6.56. The number of aliphatic imine (C=N–C) groups is 1. The Morgan fingerprint density at radius 3 is 2.69 bits per heavy atom. The van der Waals surface area contributed by atoms with Crippen molar-refractivity contribution in [1.29, 1.82) is 0 Å². The number of piperidine rings is 1. The van der Waals surface area contributed by atoms with Gasteiger partial charge in [0.05, 0.1) is 0 Å². The Kier molecular flexibility index (Phi) is 9.02. The van der Waals surface area contributed by atoms with Crippen molar-refractivity contribution in [1.82, 2.24) is 4.90 Å². The third kappa shape index (κ3) is 6.52. The molecule has 0 aliphatic carbocycles. The van der Waals surface area contributed by atoms with E-state index in [2.05, 4.69) is 16.8 Å². The Balaban J connectivity index is 0.00000225. The Bertz CT molecular complexity index is 204.